The Hall–Kier alpha value is -3.80. The molecule has 0 aliphatic carbocycles. The molecule has 0 aliphatic heterocycles. The van der Waals surface area contributed by atoms with Crippen LogP contribution in [-0.2, 0) is 16.0 Å². The Labute approximate surface area is 169 Å². The molecular formula is C23H22N2O4. The molecule has 6 heteroatoms. The van der Waals surface area contributed by atoms with Crippen molar-refractivity contribution in [1.82, 2.24) is 0 Å². The number of amides is 2. The zero-order valence-electron chi connectivity index (χ0n) is 16.1. The van der Waals surface area contributed by atoms with Gasteiger partial charge < -0.3 is 20.1 Å². The monoisotopic (exact) mass is 390 g/mol. The molecule has 0 spiro atoms. The molecule has 0 unspecified atom stereocenters. The molecule has 3 aromatic carbocycles. The predicted molar refractivity (Wildman–Crippen MR) is 112 cm³/mol. The van der Waals surface area contributed by atoms with Crippen molar-refractivity contribution in [1.29, 1.82) is 0 Å². The Morgan fingerprint density at radius 3 is 2.03 bits per heavy atom. The van der Waals surface area contributed by atoms with Gasteiger partial charge in [-0.15, -0.1) is 0 Å². The van der Waals surface area contributed by atoms with Crippen molar-refractivity contribution in [3.05, 3.63) is 84.4 Å². The van der Waals surface area contributed by atoms with Crippen LogP contribution >= 0.6 is 0 Å². The van der Waals surface area contributed by atoms with Gasteiger partial charge in [0.25, 0.3) is 5.91 Å². The highest BCUT2D eigenvalue weighted by molar-refractivity contribution is 5.95. The van der Waals surface area contributed by atoms with Gasteiger partial charge in [-0.05, 0) is 48.0 Å². The first kappa shape index (κ1) is 19.9. The maximum atomic E-state index is 12.2. The molecule has 148 valence electrons. The Morgan fingerprint density at radius 2 is 1.38 bits per heavy atom. The number of anilines is 2. The quantitative estimate of drug-likeness (QED) is 0.612. The summed E-state index contributed by atoms with van der Waals surface area (Å²) < 4.78 is 10.5. The third-order valence-corrected chi connectivity index (χ3v) is 4.07. The van der Waals surface area contributed by atoms with Gasteiger partial charge >= 0.3 is 0 Å². The Balaban J connectivity index is 1.50. The van der Waals surface area contributed by atoms with Gasteiger partial charge in [-0.1, -0.05) is 36.4 Å². The summed E-state index contributed by atoms with van der Waals surface area (Å²) in [7, 11) is 1.58. The van der Waals surface area contributed by atoms with E-state index in [0.29, 0.717) is 22.9 Å². The first-order valence-corrected chi connectivity index (χ1v) is 9.13. The lowest BCUT2D eigenvalue weighted by atomic mass is 10.1. The van der Waals surface area contributed by atoms with E-state index in [0.717, 1.165) is 5.56 Å². The van der Waals surface area contributed by atoms with E-state index in [1.807, 2.05) is 30.3 Å². The fourth-order valence-electron chi connectivity index (χ4n) is 2.68. The fraction of sp³-hybridized carbons (Fsp3) is 0.130. The van der Waals surface area contributed by atoms with Crippen molar-refractivity contribution in [2.24, 2.45) is 0 Å². The van der Waals surface area contributed by atoms with E-state index in [2.05, 4.69) is 10.6 Å². The third-order valence-electron chi connectivity index (χ3n) is 4.07. The largest absolute Gasteiger partial charge is 0.497 e. The van der Waals surface area contributed by atoms with Crippen molar-refractivity contribution < 1.29 is 19.1 Å². The standard InChI is InChI=1S/C23H22N2O4/c1-28-20-10-12-21(13-11-20)29-16-23(27)25-19-9-5-8-18(15-19)24-22(26)14-17-6-3-2-4-7-17/h2-13,15H,14,16H2,1H3,(H,24,26)(H,25,27). The molecule has 2 N–H and O–H groups in total. The van der Waals surface area contributed by atoms with Crippen LogP contribution in [0.4, 0.5) is 11.4 Å². The van der Waals surface area contributed by atoms with E-state index in [1.54, 1.807) is 55.6 Å². The number of rotatable bonds is 8. The highest BCUT2D eigenvalue weighted by atomic mass is 16.5. The summed E-state index contributed by atoms with van der Waals surface area (Å²) >= 11 is 0. The van der Waals surface area contributed by atoms with Crippen molar-refractivity contribution >= 4 is 23.2 Å². The molecule has 0 heterocycles. The van der Waals surface area contributed by atoms with E-state index in [4.69, 9.17) is 9.47 Å². The number of carbonyl (C=O) groups excluding carboxylic acids is 2. The lowest BCUT2D eigenvalue weighted by Crippen LogP contribution is -2.20. The molecular weight excluding hydrogens is 368 g/mol. The fourth-order valence-corrected chi connectivity index (χ4v) is 2.68. The zero-order valence-corrected chi connectivity index (χ0v) is 16.1. The van der Waals surface area contributed by atoms with E-state index >= 15 is 0 Å². The van der Waals surface area contributed by atoms with Gasteiger partial charge in [0.05, 0.1) is 13.5 Å². The number of hydrogen-bond acceptors (Lipinski definition) is 4. The molecule has 2 amide bonds. The molecule has 0 saturated heterocycles. The maximum Gasteiger partial charge on any atom is 0.262 e. The zero-order chi connectivity index (χ0) is 20.5. The Bertz CT molecular complexity index is 956. The highest BCUT2D eigenvalue weighted by Crippen LogP contribution is 2.18. The Kier molecular flexibility index (Phi) is 6.84. The van der Waals surface area contributed by atoms with E-state index in [1.165, 1.54) is 0 Å². The summed E-state index contributed by atoms with van der Waals surface area (Å²) in [5.41, 5.74) is 2.12. The second kappa shape index (κ2) is 9.94. The maximum absolute atomic E-state index is 12.2. The molecule has 0 aliphatic rings. The molecule has 3 aromatic rings. The second-order valence-electron chi connectivity index (χ2n) is 6.30. The van der Waals surface area contributed by atoms with Gasteiger partial charge in [0.15, 0.2) is 6.61 Å². The molecule has 6 nitrogen and oxygen atoms in total. The van der Waals surface area contributed by atoms with Crippen molar-refractivity contribution in [2.75, 3.05) is 24.4 Å². The number of carbonyl (C=O) groups is 2. The lowest BCUT2D eigenvalue weighted by Gasteiger charge is -2.10. The minimum absolute atomic E-state index is 0.123. The summed E-state index contributed by atoms with van der Waals surface area (Å²) in [5, 5.41) is 5.60. The van der Waals surface area contributed by atoms with E-state index in [-0.39, 0.29) is 24.8 Å². The van der Waals surface area contributed by atoms with Crippen LogP contribution < -0.4 is 20.1 Å². The summed E-state index contributed by atoms with van der Waals surface area (Å²) in [6.07, 6.45) is 0.285. The van der Waals surface area contributed by atoms with Crippen LogP contribution in [0.25, 0.3) is 0 Å². The van der Waals surface area contributed by atoms with Gasteiger partial charge in [-0.3, -0.25) is 9.59 Å². The van der Waals surface area contributed by atoms with E-state index in [9.17, 15) is 9.59 Å². The topological polar surface area (TPSA) is 76.7 Å². The van der Waals surface area contributed by atoms with Crippen LogP contribution in [0.3, 0.4) is 0 Å². The number of benzene rings is 3. The van der Waals surface area contributed by atoms with Gasteiger partial charge in [0.1, 0.15) is 11.5 Å². The van der Waals surface area contributed by atoms with Gasteiger partial charge in [-0.25, -0.2) is 0 Å². The van der Waals surface area contributed by atoms with E-state index < -0.39 is 0 Å². The number of ether oxygens (including phenoxy) is 2. The summed E-state index contributed by atoms with van der Waals surface area (Å²) in [6.45, 7) is -0.128. The summed E-state index contributed by atoms with van der Waals surface area (Å²) in [5.74, 6) is 0.867. The molecule has 3 rings (SSSR count). The molecule has 0 radical (unpaired) electrons. The molecule has 0 saturated carbocycles. The molecule has 29 heavy (non-hydrogen) atoms. The second-order valence-corrected chi connectivity index (χ2v) is 6.30. The van der Waals surface area contributed by atoms with Gasteiger partial charge in [0.2, 0.25) is 5.91 Å². The Morgan fingerprint density at radius 1 is 0.759 bits per heavy atom. The SMILES string of the molecule is COc1ccc(OCC(=O)Nc2cccc(NC(=O)Cc3ccccc3)c2)cc1. The first-order chi connectivity index (χ1) is 14.1. The normalized spacial score (nSPS) is 10.1. The average Bonchev–Trinajstić information content (AvgIpc) is 2.73. The van der Waals surface area contributed by atoms with Crippen molar-refractivity contribution in [3.63, 3.8) is 0 Å². The smallest absolute Gasteiger partial charge is 0.262 e. The average molecular weight is 390 g/mol. The van der Waals surface area contributed by atoms with Gasteiger partial charge in [0, 0.05) is 11.4 Å². The van der Waals surface area contributed by atoms with Crippen LogP contribution in [0.1, 0.15) is 5.56 Å². The molecule has 0 fully saturated rings. The van der Waals surface area contributed by atoms with Crippen molar-refractivity contribution in [2.45, 2.75) is 6.42 Å². The van der Waals surface area contributed by atoms with Crippen LogP contribution in [0, 0.1) is 0 Å². The molecule has 0 atom stereocenters. The molecule has 0 aromatic heterocycles. The number of methoxy groups -OCH3 is 1. The van der Waals surface area contributed by atoms with Gasteiger partial charge in [-0.2, -0.15) is 0 Å². The number of nitrogens with one attached hydrogen (secondary N) is 2. The highest BCUT2D eigenvalue weighted by Gasteiger charge is 2.07. The summed E-state index contributed by atoms with van der Waals surface area (Å²) in [4.78, 5) is 24.3. The van der Waals surface area contributed by atoms with Crippen LogP contribution in [-0.4, -0.2) is 25.5 Å². The van der Waals surface area contributed by atoms with Crippen LogP contribution in [0.2, 0.25) is 0 Å². The predicted octanol–water partition coefficient (Wildman–Crippen LogP) is 3.89. The summed E-state index contributed by atoms with van der Waals surface area (Å²) in [6, 6.07) is 23.5. The minimum atomic E-state index is -0.298. The number of hydrogen-bond donors (Lipinski definition) is 2. The minimum Gasteiger partial charge on any atom is -0.497 e. The lowest BCUT2D eigenvalue weighted by molar-refractivity contribution is -0.118. The molecule has 0 bridgehead atoms. The van der Waals surface area contributed by atoms with Crippen molar-refractivity contribution in [3.8, 4) is 11.5 Å². The van der Waals surface area contributed by atoms with Crippen LogP contribution in [0.5, 0.6) is 11.5 Å². The first-order valence-electron chi connectivity index (χ1n) is 9.13. The van der Waals surface area contributed by atoms with Crippen LogP contribution in [0.15, 0.2) is 78.9 Å². The third kappa shape index (κ3) is 6.39.